The van der Waals surface area contributed by atoms with E-state index in [-0.39, 0.29) is 5.41 Å². The number of nitrogens with one attached hydrogen (secondary N) is 1. The molecule has 2 heterocycles. The molecule has 0 fully saturated rings. The highest BCUT2D eigenvalue weighted by Gasteiger charge is 2.17. The summed E-state index contributed by atoms with van der Waals surface area (Å²) in [6, 6.07) is 8.12. The molecule has 0 aliphatic carbocycles. The van der Waals surface area contributed by atoms with E-state index in [0.29, 0.717) is 5.78 Å². The van der Waals surface area contributed by atoms with Crippen molar-refractivity contribution in [1.29, 1.82) is 0 Å². The number of methoxy groups -OCH3 is 1. The van der Waals surface area contributed by atoms with Crippen LogP contribution in [0.3, 0.4) is 0 Å². The van der Waals surface area contributed by atoms with E-state index < -0.39 is 0 Å². The van der Waals surface area contributed by atoms with Gasteiger partial charge in [0.25, 0.3) is 5.78 Å². The molecular weight excluding hydrogens is 290 g/mol. The van der Waals surface area contributed by atoms with E-state index in [1.54, 1.807) is 11.6 Å². The van der Waals surface area contributed by atoms with Gasteiger partial charge in [0.2, 0.25) is 0 Å². The first-order valence-electron chi connectivity index (χ1n) is 7.51. The zero-order valence-electron chi connectivity index (χ0n) is 14.1. The third-order valence-electron chi connectivity index (χ3n) is 3.71. The fraction of sp³-hybridized carbons (Fsp3) is 0.353. The summed E-state index contributed by atoms with van der Waals surface area (Å²) in [7, 11) is 1.67. The number of ether oxygens (including phenoxy) is 1. The van der Waals surface area contributed by atoms with E-state index in [2.05, 4.69) is 53.3 Å². The third-order valence-corrected chi connectivity index (χ3v) is 3.71. The zero-order chi connectivity index (χ0) is 16.6. The fourth-order valence-corrected chi connectivity index (χ4v) is 2.43. The maximum atomic E-state index is 5.49. The third kappa shape index (κ3) is 2.97. The molecule has 2 aromatic heterocycles. The fourth-order valence-electron chi connectivity index (χ4n) is 2.43. The number of anilines is 2. The van der Waals surface area contributed by atoms with Crippen LogP contribution in [0.4, 0.5) is 11.5 Å². The second-order valence-corrected chi connectivity index (χ2v) is 6.54. The normalized spacial score (nSPS) is 11.7. The Morgan fingerprint density at radius 1 is 1.17 bits per heavy atom. The van der Waals surface area contributed by atoms with Crippen LogP contribution in [0, 0.1) is 6.92 Å². The minimum Gasteiger partial charge on any atom is -0.495 e. The Morgan fingerprint density at radius 2 is 1.96 bits per heavy atom. The quantitative estimate of drug-likeness (QED) is 0.802. The van der Waals surface area contributed by atoms with Crippen LogP contribution >= 0.6 is 0 Å². The smallest absolute Gasteiger partial charge is 0.254 e. The number of aromatic nitrogens is 4. The van der Waals surface area contributed by atoms with E-state index in [4.69, 9.17) is 4.74 Å². The first-order chi connectivity index (χ1) is 10.9. The van der Waals surface area contributed by atoms with Gasteiger partial charge in [-0.1, -0.05) is 26.8 Å². The van der Waals surface area contributed by atoms with Gasteiger partial charge in [-0.2, -0.15) is 14.6 Å². The van der Waals surface area contributed by atoms with Crippen molar-refractivity contribution in [3.05, 3.63) is 41.9 Å². The van der Waals surface area contributed by atoms with Crippen molar-refractivity contribution >= 4 is 17.3 Å². The number of hydrogen-bond donors (Lipinski definition) is 1. The standard InChI is InChI=1S/C17H21N5O/c1-11-8-15(22-16(20-11)18-10-19-22)21-13-9-12(17(2,3)4)6-7-14(13)23-5/h6-10,21H,1-5H3. The van der Waals surface area contributed by atoms with E-state index in [1.165, 1.54) is 11.9 Å². The molecule has 0 saturated heterocycles. The van der Waals surface area contributed by atoms with Gasteiger partial charge in [-0.15, -0.1) is 0 Å². The molecule has 120 valence electrons. The van der Waals surface area contributed by atoms with E-state index in [9.17, 15) is 0 Å². The number of rotatable bonds is 3. The lowest BCUT2D eigenvalue weighted by atomic mass is 9.87. The molecule has 23 heavy (non-hydrogen) atoms. The van der Waals surface area contributed by atoms with Crippen molar-refractivity contribution < 1.29 is 4.74 Å². The summed E-state index contributed by atoms with van der Waals surface area (Å²) < 4.78 is 7.16. The average molecular weight is 311 g/mol. The number of hydrogen-bond acceptors (Lipinski definition) is 5. The minimum atomic E-state index is 0.0550. The van der Waals surface area contributed by atoms with Crippen molar-refractivity contribution in [2.45, 2.75) is 33.1 Å². The topological polar surface area (TPSA) is 64.3 Å². The predicted octanol–water partition coefficient (Wildman–Crippen LogP) is 3.48. The Balaban J connectivity index is 2.09. The first-order valence-corrected chi connectivity index (χ1v) is 7.51. The van der Waals surface area contributed by atoms with E-state index in [0.717, 1.165) is 22.9 Å². The molecule has 0 bridgehead atoms. The number of fused-ring (bicyclic) bond motifs is 1. The van der Waals surface area contributed by atoms with Crippen LogP contribution < -0.4 is 10.1 Å². The summed E-state index contributed by atoms with van der Waals surface area (Å²) in [4.78, 5) is 8.51. The van der Waals surface area contributed by atoms with E-state index in [1.807, 2.05) is 19.1 Å². The predicted molar refractivity (Wildman–Crippen MR) is 90.5 cm³/mol. The SMILES string of the molecule is COc1ccc(C(C)(C)C)cc1Nc1cc(C)nc2ncnn12. The Hall–Kier alpha value is -2.63. The van der Waals surface area contributed by atoms with E-state index >= 15 is 0 Å². The molecule has 1 N–H and O–H groups in total. The average Bonchev–Trinajstić information content (AvgIpc) is 2.94. The molecule has 0 aliphatic heterocycles. The molecule has 6 heteroatoms. The number of aryl methyl sites for hydroxylation is 1. The number of nitrogens with zero attached hydrogens (tertiary/aromatic N) is 4. The monoisotopic (exact) mass is 311 g/mol. The summed E-state index contributed by atoms with van der Waals surface area (Å²) in [6.07, 6.45) is 1.50. The molecule has 0 aliphatic rings. The van der Waals surface area contributed by atoms with Crippen LogP contribution in [0.15, 0.2) is 30.6 Å². The lowest BCUT2D eigenvalue weighted by molar-refractivity contribution is 0.416. The van der Waals surface area contributed by atoms with Crippen molar-refractivity contribution in [3.8, 4) is 5.75 Å². The van der Waals surface area contributed by atoms with Gasteiger partial charge in [0, 0.05) is 11.8 Å². The lowest BCUT2D eigenvalue weighted by Gasteiger charge is -2.21. The Kier molecular flexibility index (Phi) is 3.67. The Labute approximate surface area is 135 Å². The molecule has 0 spiro atoms. The molecule has 0 amide bonds. The molecule has 0 saturated carbocycles. The van der Waals surface area contributed by atoms with Crippen molar-refractivity contribution in [3.63, 3.8) is 0 Å². The van der Waals surface area contributed by atoms with Gasteiger partial charge >= 0.3 is 0 Å². The molecule has 3 aromatic rings. The molecular formula is C17H21N5O. The maximum absolute atomic E-state index is 5.49. The molecule has 0 atom stereocenters. The molecule has 3 rings (SSSR count). The summed E-state index contributed by atoms with van der Waals surface area (Å²) in [5, 5.41) is 7.62. The van der Waals surface area contributed by atoms with Gasteiger partial charge in [0.05, 0.1) is 12.8 Å². The molecule has 6 nitrogen and oxygen atoms in total. The van der Waals surface area contributed by atoms with Crippen LogP contribution in [0.1, 0.15) is 32.0 Å². The summed E-state index contributed by atoms with van der Waals surface area (Å²) in [5.41, 5.74) is 3.04. The van der Waals surface area contributed by atoms with Crippen LogP contribution in [-0.2, 0) is 5.41 Å². The highest BCUT2D eigenvalue weighted by molar-refractivity contribution is 5.67. The second kappa shape index (κ2) is 5.53. The Bertz CT molecular complexity index is 848. The number of benzene rings is 1. The summed E-state index contributed by atoms with van der Waals surface area (Å²) in [6.45, 7) is 8.49. The summed E-state index contributed by atoms with van der Waals surface area (Å²) in [5.74, 6) is 2.15. The lowest BCUT2D eigenvalue weighted by Crippen LogP contribution is -2.12. The minimum absolute atomic E-state index is 0.0550. The summed E-state index contributed by atoms with van der Waals surface area (Å²) >= 11 is 0. The molecule has 0 radical (unpaired) electrons. The van der Waals surface area contributed by atoms with Gasteiger partial charge in [0.1, 0.15) is 17.9 Å². The van der Waals surface area contributed by atoms with Crippen molar-refractivity contribution in [2.24, 2.45) is 0 Å². The van der Waals surface area contributed by atoms with Gasteiger partial charge in [0.15, 0.2) is 0 Å². The van der Waals surface area contributed by atoms with Gasteiger partial charge in [-0.3, -0.25) is 0 Å². The largest absolute Gasteiger partial charge is 0.495 e. The van der Waals surface area contributed by atoms with Gasteiger partial charge in [-0.25, -0.2) is 4.98 Å². The maximum Gasteiger partial charge on any atom is 0.254 e. The highest BCUT2D eigenvalue weighted by atomic mass is 16.5. The van der Waals surface area contributed by atoms with Crippen LogP contribution in [0.5, 0.6) is 5.75 Å². The second-order valence-electron chi connectivity index (χ2n) is 6.54. The van der Waals surface area contributed by atoms with Crippen molar-refractivity contribution in [1.82, 2.24) is 19.6 Å². The van der Waals surface area contributed by atoms with Gasteiger partial charge in [-0.05, 0) is 30.0 Å². The first kappa shape index (κ1) is 15.3. The molecule has 0 unspecified atom stereocenters. The Morgan fingerprint density at radius 3 is 2.65 bits per heavy atom. The van der Waals surface area contributed by atoms with Crippen molar-refractivity contribution in [2.75, 3.05) is 12.4 Å². The highest BCUT2D eigenvalue weighted by Crippen LogP contribution is 2.33. The van der Waals surface area contributed by atoms with Crippen LogP contribution in [0.2, 0.25) is 0 Å². The van der Waals surface area contributed by atoms with Gasteiger partial charge < -0.3 is 10.1 Å². The van der Waals surface area contributed by atoms with Crippen LogP contribution in [0.25, 0.3) is 5.78 Å². The van der Waals surface area contributed by atoms with Crippen LogP contribution in [-0.4, -0.2) is 26.7 Å². The zero-order valence-corrected chi connectivity index (χ0v) is 14.1. The molecule has 1 aromatic carbocycles.